The Kier molecular flexibility index (Phi) is 4.67. The first kappa shape index (κ1) is 17.4. The molecule has 2 fully saturated rings. The van der Waals surface area contributed by atoms with Gasteiger partial charge in [-0.25, -0.2) is 5.10 Å². The highest BCUT2D eigenvalue weighted by Gasteiger charge is 2.57. The van der Waals surface area contributed by atoms with Gasteiger partial charge >= 0.3 is 0 Å². The number of aromatic nitrogens is 2. The number of nitrogens with zero attached hydrogens (tertiary/aromatic N) is 1. The number of carbonyl (C=O) groups is 1. The molecule has 138 valence electrons. The number of aromatic amines is 1. The molecule has 0 radical (unpaired) electrons. The molecule has 0 unspecified atom stereocenters. The van der Waals surface area contributed by atoms with Crippen LogP contribution in [0.2, 0.25) is 0 Å². The van der Waals surface area contributed by atoms with Crippen molar-refractivity contribution in [2.24, 2.45) is 5.41 Å². The third kappa shape index (κ3) is 2.99. The summed E-state index contributed by atoms with van der Waals surface area (Å²) in [5.74, 6) is 0.385. The van der Waals surface area contributed by atoms with Gasteiger partial charge in [0.15, 0.2) is 0 Å². The monoisotopic (exact) mass is 373 g/mol. The van der Waals surface area contributed by atoms with Crippen LogP contribution in [0.15, 0.2) is 28.7 Å². The van der Waals surface area contributed by atoms with Gasteiger partial charge in [-0.05, 0) is 62.7 Å². The first-order valence-electron chi connectivity index (χ1n) is 9.21. The average molecular weight is 373 g/mol. The van der Waals surface area contributed by atoms with Crippen molar-refractivity contribution < 1.29 is 13.9 Å². The van der Waals surface area contributed by atoms with E-state index in [2.05, 4.69) is 15.5 Å². The van der Waals surface area contributed by atoms with Crippen LogP contribution in [0.25, 0.3) is 11.5 Å². The molecule has 2 saturated carbocycles. The molecule has 2 aliphatic rings. The van der Waals surface area contributed by atoms with E-state index < -0.39 is 0 Å². The molecule has 0 saturated heterocycles. The van der Waals surface area contributed by atoms with E-state index >= 15 is 0 Å². The van der Waals surface area contributed by atoms with E-state index in [-0.39, 0.29) is 28.3 Å². The summed E-state index contributed by atoms with van der Waals surface area (Å²) in [6, 6.07) is 7.42. The van der Waals surface area contributed by atoms with Crippen LogP contribution in [0.3, 0.4) is 0 Å². The predicted octanol–water partition coefficient (Wildman–Crippen LogP) is 3.87. The second-order valence-electron chi connectivity index (χ2n) is 7.14. The molecule has 2 aliphatic carbocycles. The van der Waals surface area contributed by atoms with E-state index in [9.17, 15) is 4.79 Å². The van der Waals surface area contributed by atoms with Gasteiger partial charge in [0.2, 0.25) is 5.89 Å². The Morgan fingerprint density at radius 2 is 2.12 bits per heavy atom. The molecule has 1 aromatic heterocycles. The molecule has 2 aromatic rings. The lowest BCUT2D eigenvalue weighted by atomic mass is 9.60. The maximum Gasteiger partial charge on any atom is 0.284 e. The van der Waals surface area contributed by atoms with Crippen molar-refractivity contribution in [3.8, 4) is 11.5 Å². The minimum Gasteiger partial charge on any atom is -0.409 e. The Hall–Kier alpha value is -1.99. The van der Waals surface area contributed by atoms with Crippen molar-refractivity contribution in [1.29, 1.82) is 0 Å². The quantitative estimate of drug-likeness (QED) is 0.778. The largest absolute Gasteiger partial charge is 0.409 e. The highest BCUT2D eigenvalue weighted by atomic mass is 32.1. The number of H-pyrrole nitrogens is 1. The topological polar surface area (TPSA) is 80.1 Å². The lowest BCUT2D eigenvalue weighted by Gasteiger charge is -2.54. The van der Waals surface area contributed by atoms with Crippen LogP contribution in [0.4, 0.5) is 0 Å². The van der Waals surface area contributed by atoms with Crippen LogP contribution in [-0.4, -0.2) is 34.9 Å². The molecule has 0 aliphatic heterocycles. The van der Waals surface area contributed by atoms with Crippen molar-refractivity contribution in [1.82, 2.24) is 15.5 Å². The molecule has 1 amide bonds. The molecule has 4 rings (SSSR count). The fraction of sp³-hybridized carbons (Fsp3) is 0.526. The van der Waals surface area contributed by atoms with Crippen LogP contribution >= 0.6 is 12.2 Å². The molecule has 2 atom stereocenters. The zero-order valence-corrected chi connectivity index (χ0v) is 15.6. The van der Waals surface area contributed by atoms with Gasteiger partial charge in [0, 0.05) is 29.2 Å². The Bertz CT molecular complexity index is 836. The van der Waals surface area contributed by atoms with Gasteiger partial charge in [0.1, 0.15) is 0 Å². The summed E-state index contributed by atoms with van der Waals surface area (Å²) in [6.07, 6.45) is 5.94. The number of nitrogens with one attached hydrogen (secondary N) is 2. The lowest BCUT2D eigenvalue weighted by molar-refractivity contribution is -0.127. The van der Waals surface area contributed by atoms with Gasteiger partial charge < -0.3 is 14.5 Å². The van der Waals surface area contributed by atoms with E-state index in [4.69, 9.17) is 21.4 Å². The summed E-state index contributed by atoms with van der Waals surface area (Å²) in [4.78, 5) is 12.9. The first-order chi connectivity index (χ1) is 12.6. The Morgan fingerprint density at radius 1 is 1.38 bits per heavy atom. The Balaban J connectivity index is 1.44. The third-order valence-corrected chi connectivity index (χ3v) is 6.00. The molecule has 7 heteroatoms. The SMILES string of the molecule is CCO[C@@H]1C[C@H](NC(=O)c2ccc(-c3n[nH]c(=S)o3)cc2)C12CCCC2. The fourth-order valence-corrected chi connectivity index (χ4v) is 4.57. The number of benzene rings is 1. The van der Waals surface area contributed by atoms with Crippen LogP contribution in [0, 0.1) is 10.3 Å². The van der Waals surface area contributed by atoms with Gasteiger partial charge in [-0.3, -0.25) is 4.79 Å². The van der Waals surface area contributed by atoms with E-state index in [0.717, 1.165) is 31.4 Å². The summed E-state index contributed by atoms with van der Waals surface area (Å²) in [5, 5.41) is 9.83. The van der Waals surface area contributed by atoms with Crippen LogP contribution in [0.5, 0.6) is 0 Å². The fourth-order valence-electron chi connectivity index (χ4n) is 4.45. The van der Waals surface area contributed by atoms with Crippen LogP contribution in [-0.2, 0) is 4.74 Å². The van der Waals surface area contributed by atoms with Crippen LogP contribution < -0.4 is 5.32 Å². The second kappa shape index (κ2) is 6.96. The molecular formula is C19H23N3O3S. The van der Waals surface area contributed by atoms with Gasteiger partial charge in [-0.2, -0.15) is 0 Å². The normalized spacial score (nSPS) is 23.7. The molecule has 1 spiro atoms. The summed E-state index contributed by atoms with van der Waals surface area (Å²) < 4.78 is 11.2. The van der Waals surface area contributed by atoms with E-state index in [1.165, 1.54) is 12.8 Å². The maximum atomic E-state index is 12.7. The van der Waals surface area contributed by atoms with Crippen molar-refractivity contribution in [2.75, 3.05) is 6.61 Å². The minimum absolute atomic E-state index is 0.0364. The summed E-state index contributed by atoms with van der Waals surface area (Å²) in [6.45, 7) is 2.77. The molecular weight excluding hydrogens is 350 g/mol. The number of rotatable bonds is 5. The number of ether oxygens (including phenoxy) is 1. The van der Waals surface area contributed by atoms with E-state index in [0.29, 0.717) is 11.5 Å². The summed E-state index contributed by atoms with van der Waals surface area (Å²) in [7, 11) is 0. The van der Waals surface area contributed by atoms with Crippen molar-refractivity contribution in [3.63, 3.8) is 0 Å². The highest BCUT2D eigenvalue weighted by Crippen LogP contribution is 2.54. The zero-order valence-electron chi connectivity index (χ0n) is 14.8. The maximum absolute atomic E-state index is 12.7. The van der Waals surface area contributed by atoms with Gasteiger partial charge in [-0.15, -0.1) is 5.10 Å². The molecule has 1 aromatic carbocycles. The standard InChI is InChI=1S/C19H23N3O3S/c1-2-24-15-11-14(19(15)9-3-4-10-19)20-16(23)12-5-7-13(8-6-12)17-21-22-18(26)25-17/h5-8,14-15H,2-4,9-11H2,1H3,(H,20,23)(H,22,26)/t14-,15+/m0/s1. The zero-order chi connectivity index (χ0) is 18.1. The van der Waals surface area contributed by atoms with Crippen LogP contribution in [0.1, 0.15) is 49.4 Å². The average Bonchev–Trinajstić information content (AvgIpc) is 3.32. The Morgan fingerprint density at radius 3 is 2.73 bits per heavy atom. The smallest absolute Gasteiger partial charge is 0.284 e. The number of amides is 1. The Labute approximate surface area is 157 Å². The van der Waals surface area contributed by atoms with Crippen molar-refractivity contribution >= 4 is 18.1 Å². The molecule has 1 heterocycles. The number of carbonyl (C=O) groups excluding carboxylic acids is 1. The second-order valence-corrected chi connectivity index (χ2v) is 7.51. The molecule has 26 heavy (non-hydrogen) atoms. The number of hydrogen-bond donors (Lipinski definition) is 2. The predicted molar refractivity (Wildman–Crippen MR) is 99.3 cm³/mol. The molecule has 0 bridgehead atoms. The van der Waals surface area contributed by atoms with E-state index in [1.807, 2.05) is 19.1 Å². The van der Waals surface area contributed by atoms with Gasteiger partial charge in [-0.1, -0.05) is 12.8 Å². The summed E-state index contributed by atoms with van der Waals surface area (Å²) in [5.41, 5.74) is 1.55. The third-order valence-electron chi connectivity index (χ3n) is 5.82. The van der Waals surface area contributed by atoms with Crippen molar-refractivity contribution in [3.05, 3.63) is 34.7 Å². The van der Waals surface area contributed by atoms with Gasteiger partial charge in [0.25, 0.3) is 10.7 Å². The van der Waals surface area contributed by atoms with Gasteiger partial charge in [0.05, 0.1) is 6.10 Å². The number of hydrogen-bond acceptors (Lipinski definition) is 5. The minimum atomic E-state index is -0.0364. The lowest BCUT2D eigenvalue weighted by Crippen LogP contribution is -2.63. The van der Waals surface area contributed by atoms with E-state index in [1.54, 1.807) is 12.1 Å². The van der Waals surface area contributed by atoms with Crippen molar-refractivity contribution in [2.45, 2.75) is 51.2 Å². The first-order valence-corrected chi connectivity index (χ1v) is 9.61. The molecule has 6 nitrogen and oxygen atoms in total. The highest BCUT2D eigenvalue weighted by molar-refractivity contribution is 7.71. The molecule has 2 N–H and O–H groups in total. The summed E-state index contributed by atoms with van der Waals surface area (Å²) >= 11 is 4.89.